The van der Waals surface area contributed by atoms with Crippen LogP contribution in [0.15, 0.2) is 0 Å². The molecule has 1 fully saturated rings. The first-order chi connectivity index (χ1) is 8.02. The van der Waals surface area contributed by atoms with Gasteiger partial charge in [0.1, 0.15) is 0 Å². The van der Waals surface area contributed by atoms with Crippen molar-refractivity contribution >= 4 is 12.0 Å². The first kappa shape index (κ1) is 13.8. The summed E-state index contributed by atoms with van der Waals surface area (Å²) in [6.07, 6.45) is 1.40. The summed E-state index contributed by atoms with van der Waals surface area (Å²) in [4.78, 5) is 24.5. The maximum atomic E-state index is 11.8. The molecule has 5 nitrogen and oxygen atoms in total. The second-order valence-corrected chi connectivity index (χ2v) is 4.91. The molecule has 0 aromatic heterocycles. The number of carbonyl (C=O) groups is 2. The number of piperidine rings is 1. The summed E-state index contributed by atoms with van der Waals surface area (Å²) in [6.45, 7) is 6.25. The Balaban J connectivity index is 2.29. The third kappa shape index (κ3) is 4.63. The van der Waals surface area contributed by atoms with Crippen molar-refractivity contribution in [1.29, 1.82) is 0 Å². The van der Waals surface area contributed by atoms with Gasteiger partial charge in [-0.2, -0.15) is 0 Å². The normalized spacial score (nSPS) is 24.3. The molecule has 1 N–H and O–H groups in total. The molecule has 1 saturated heterocycles. The number of methoxy groups -OCH3 is 1. The fourth-order valence-electron chi connectivity index (χ4n) is 2.31. The Morgan fingerprint density at radius 2 is 1.88 bits per heavy atom. The van der Waals surface area contributed by atoms with E-state index in [-0.39, 0.29) is 18.4 Å². The van der Waals surface area contributed by atoms with Gasteiger partial charge in [0.15, 0.2) is 0 Å². The molecule has 5 heteroatoms. The van der Waals surface area contributed by atoms with Gasteiger partial charge in [-0.05, 0) is 18.3 Å². The molecular weight excluding hydrogens is 220 g/mol. The molecule has 0 aliphatic carbocycles. The van der Waals surface area contributed by atoms with E-state index >= 15 is 0 Å². The van der Waals surface area contributed by atoms with Gasteiger partial charge in [0.05, 0.1) is 13.5 Å². The Labute approximate surface area is 102 Å². The minimum atomic E-state index is -0.300. The number of urea groups is 1. The number of carbonyl (C=O) groups excluding carboxylic acids is 2. The molecule has 2 atom stereocenters. The van der Waals surface area contributed by atoms with Crippen LogP contribution in [-0.2, 0) is 9.53 Å². The summed E-state index contributed by atoms with van der Waals surface area (Å²) in [5.41, 5.74) is 0. The summed E-state index contributed by atoms with van der Waals surface area (Å²) in [6, 6.07) is -0.0766. The van der Waals surface area contributed by atoms with Crippen LogP contribution in [0.1, 0.15) is 26.7 Å². The Morgan fingerprint density at radius 1 is 1.29 bits per heavy atom. The zero-order valence-corrected chi connectivity index (χ0v) is 10.9. The summed E-state index contributed by atoms with van der Waals surface area (Å²) in [5, 5.41) is 2.74. The van der Waals surface area contributed by atoms with Crippen molar-refractivity contribution in [2.24, 2.45) is 11.8 Å². The van der Waals surface area contributed by atoms with Gasteiger partial charge in [0.2, 0.25) is 0 Å². The Kier molecular flexibility index (Phi) is 5.25. The number of nitrogens with zero attached hydrogens (tertiary/aromatic N) is 1. The van der Waals surface area contributed by atoms with Crippen molar-refractivity contribution in [3.63, 3.8) is 0 Å². The highest BCUT2D eigenvalue weighted by Gasteiger charge is 2.25. The van der Waals surface area contributed by atoms with E-state index in [9.17, 15) is 9.59 Å². The van der Waals surface area contributed by atoms with Crippen LogP contribution in [-0.4, -0.2) is 43.6 Å². The van der Waals surface area contributed by atoms with Crippen LogP contribution in [0, 0.1) is 11.8 Å². The van der Waals surface area contributed by atoms with Crippen molar-refractivity contribution in [3.05, 3.63) is 0 Å². The highest BCUT2D eigenvalue weighted by Crippen LogP contribution is 2.20. The smallest absolute Gasteiger partial charge is 0.317 e. The topological polar surface area (TPSA) is 58.6 Å². The molecule has 1 aliphatic heterocycles. The molecule has 0 aromatic rings. The molecule has 1 heterocycles. The number of ether oxygens (including phenoxy) is 1. The van der Waals surface area contributed by atoms with E-state index in [1.165, 1.54) is 13.5 Å². The maximum Gasteiger partial charge on any atom is 0.317 e. The predicted molar refractivity (Wildman–Crippen MR) is 64.5 cm³/mol. The average Bonchev–Trinajstić information content (AvgIpc) is 2.27. The van der Waals surface area contributed by atoms with E-state index in [1.807, 2.05) is 4.90 Å². The Morgan fingerprint density at radius 3 is 2.41 bits per heavy atom. The van der Waals surface area contributed by atoms with Crippen molar-refractivity contribution in [2.45, 2.75) is 26.7 Å². The van der Waals surface area contributed by atoms with Crippen LogP contribution in [0.25, 0.3) is 0 Å². The molecule has 0 radical (unpaired) electrons. The van der Waals surface area contributed by atoms with Crippen LogP contribution in [0.4, 0.5) is 4.79 Å². The molecule has 17 heavy (non-hydrogen) atoms. The van der Waals surface area contributed by atoms with Crippen LogP contribution >= 0.6 is 0 Å². The summed E-state index contributed by atoms with van der Waals surface area (Å²) in [7, 11) is 1.35. The van der Waals surface area contributed by atoms with Crippen LogP contribution in [0.3, 0.4) is 0 Å². The van der Waals surface area contributed by atoms with E-state index in [4.69, 9.17) is 0 Å². The molecule has 0 bridgehead atoms. The number of esters is 1. The zero-order chi connectivity index (χ0) is 12.8. The maximum absolute atomic E-state index is 11.8. The zero-order valence-electron chi connectivity index (χ0n) is 10.9. The molecule has 98 valence electrons. The third-order valence-corrected chi connectivity index (χ3v) is 2.99. The van der Waals surface area contributed by atoms with E-state index in [1.54, 1.807) is 0 Å². The molecule has 2 unspecified atom stereocenters. The lowest BCUT2D eigenvalue weighted by Crippen LogP contribution is -2.47. The SMILES string of the molecule is COC(=O)CCNC(=O)N1CC(C)CC(C)C1. The van der Waals surface area contributed by atoms with Crippen LogP contribution in [0.5, 0.6) is 0 Å². The third-order valence-electron chi connectivity index (χ3n) is 2.99. The van der Waals surface area contributed by atoms with Gasteiger partial charge in [0, 0.05) is 19.6 Å². The average molecular weight is 242 g/mol. The molecular formula is C12H22N2O3. The van der Waals surface area contributed by atoms with Crippen LogP contribution in [0.2, 0.25) is 0 Å². The minimum absolute atomic E-state index is 0.0766. The number of amides is 2. The first-order valence-electron chi connectivity index (χ1n) is 6.12. The fourth-order valence-corrected chi connectivity index (χ4v) is 2.31. The summed E-state index contributed by atoms with van der Waals surface area (Å²) >= 11 is 0. The molecule has 2 amide bonds. The summed E-state index contributed by atoms with van der Waals surface area (Å²) < 4.78 is 4.51. The lowest BCUT2D eigenvalue weighted by Gasteiger charge is -2.34. The number of rotatable bonds is 3. The number of hydrogen-bond donors (Lipinski definition) is 1. The molecule has 0 aromatic carbocycles. The van der Waals surface area contributed by atoms with Gasteiger partial charge in [-0.25, -0.2) is 4.79 Å². The van der Waals surface area contributed by atoms with Crippen LogP contribution < -0.4 is 5.32 Å². The van der Waals surface area contributed by atoms with Gasteiger partial charge >= 0.3 is 12.0 Å². The lowest BCUT2D eigenvalue weighted by molar-refractivity contribution is -0.140. The number of hydrogen-bond acceptors (Lipinski definition) is 3. The summed E-state index contributed by atoms with van der Waals surface area (Å²) in [5.74, 6) is 0.792. The predicted octanol–water partition coefficient (Wildman–Crippen LogP) is 1.24. The Hall–Kier alpha value is -1.26. The van der Waals surface area contributed by atoms with Gasteiger partial charge in [-0.1, -0.05) is 13.8 Å². The van der Waals surface area contributed by atoms with E-state index in [0.29, 0.717) is 18.4 Å². The van der Waals surface area contributed by atoms with Gasteiger partial charge in [0.25, 0.3) is 0 Å². The standard InChI is InChI=1S/C12H22N2O3/c1-9-6-10(2)8-14(7-9)12(16)13-5-4-11(15)17-3/h9-10H,4-8H2,1-3H3,(H,13,16). The first-order valence-corrected chi connectivity index (χ1v) is 6.12. The highest BCUT2D eigenvalue weighted by atomic mass is 16.5. The van der Waals surface area contributed by atoms with E-state index in [2.05, 4.69) is 23.9 Å². The second-order valence-electron chi connectivity index (χ2n) is 4.91. The van der Waals surface area contributed by atoms with Gasteiger partial charge in [-0.15, -0.1) is 0 Å². The van der Waals surface area contributed by atoms with Crippen molar-refractivity contribution in [1.82, 2.24) is 10.2 Å². The van der Waals surface area contributed by atoms with E-state index < -0.39 is 0 Å². The number of nitrogens with one attached hydrogen (secondary N) is 1. The monoisotopic (exact) mass is 242 g/mol. The second kappa shape index (κ2) is 6.47. The number of likely N-dealkylation sites (tertiary alicyclic amines) is 1. The largest absolute Gasteiger partial charge is 0.469 e. The quantitative estimate of drug-likeness (QED) is 0.757. The van der Waals surface area contributed by atoms with E-state index in [0.717, 1.165) is 13.1 Å². The van der Waals surface area contributed by atoms with Crippen molar-refractivity contribution < 1.29 is 14.3 Å². The van der Waals surface area contributed by atoms with Crippen molar-refractivity contribution in [2.75, 3.05) is 26.7 Å². The van der Waals surface area contributed by atoms with Gasteiger partial charge in [-0.3, -0.25) is 4.79 Å². The fraction of sp³-hybridized carbons (Fsp3) is 0.833. The lowest BCUT2D eigenvalue weighted by atomic mass is 9.92. The highest BCUT2D eigenvalue weighted by molar-refractivity contribution is 5.75. The molecule has 0 saturated carbocycles. The molecule has 1 aliphatic rings. The van der Waals surface area contributed by atoms with Crippen molar-refractivity contribution in [3.8, 4) is 0 Å². The minimum Gasteiger partial charge on any atom is -0.469 e. The van der Waals surface area contributed by atoms with Gasteiger partial charge < -0.3 is 15.0 Å². The molecule has 0 spiro atoms. The molecule has 1 rings (SSSR count). The Bertz CT molecular complexity index is 271.